The van der Waals surface area contributed by atoms with Crippen molar-refractivity contribution in [3.8, 4) is 5.75 Å². The molecule has 0 fully saturated rings. The van der Waals surface area contributed by atoms with Crippen LogP contribution in [0.15, 0.2) is 42.9 Å². The molecule has 6 heteroatoms. The van der Waals surface area contributed by atoms with Crippen LogP contribution in [0.4, 0.5) is 5.82 Å². The molecule has 0 aliphatic carbocycles. The molecule has 96 valence electrons. The van der Waals surface area contributed by atoms with Crippen molar-refractivity contribution in [2.75, 3.05) is 5.32 Å². The minimum Gasteiger partial charge on any atom is -0.426 e. The number of aromatic nitrogens is 2. The zero-order valence-electron chi connectivity index (χ0n) is 10.2. The predicted octanol–water partition coefficient (Wildman–Crippen LogP) is 1.65. The number of para-hydroxylation sites is 1. The molecule has 1 N–H and O–H groups in total. The molecule has 2 rings (SSSR count). The number of anilines is 1. The first-order valence-corrected chi connectivity index (χ1v) is 5.51. The van der Waals surface area contributed by atoms with Gasteiger partial charge < -0.3 is 10.1 Å². The number of benzene rings is 1. The molecule has 0 saturated heterocycles. The number of hydrogen-bond acceptors (Lipinski definition) is 5. The molecule has 6 nitrogen and oxygen atoms in total. The Bertz CT molecular complexity index is 599. The minimum atomic E-state index is -0.486. The highest BCUT2D eigenvalue weighted by molar-refractivity contribution is 6.06. The second-order valence-electron chi connectivity index (χ2n) is 3.63. The lowest BCUT2D eigenvalue weighted by molar-refractivity contribution is -0.131. The van der Waals surface area contributed by atoms with Crippen LogP contribution < -0.4 is 10.1 Å². The molecule has 0 unspecified atom stereocenters. The molecule has 0 bridgehead atoms. The SMILES string of the molecule is CC(=O)Oc1ccccc1C(=O)Nc1cnccn1. The molecule has 0 aliphatic rings. The van der Waals surface area contributed by atoms with Crippen LogP contribution in [0.2, 0.25) is 0 Å². The van der Waals surface area contributed by atoms with Crippen molar-refractivity contribution in [2.45, 2.75) is 6.92 Å². The van der Waals surface area contributed by atoms with E-state index >= 15 is 0 Å². The Labute approximate surface area is 109 Å². The van der Waals surface area contributed by atoms with Gasteiger partial charge in [-0.2, -0.15) is 0 Å². The van der Waals surface area contributed by atoms with Gasteiger partial charge in [-0.1, -0.05) is 12.1 Å². The fourth-order valence-electron chi connectivity index (χ4n) is 1.45. The van der Waals surface area contributed by atoms with Gasteiger partial charge in [-0.25, -0.2) is 4.98 Å². The van der Waals surface area contributed by atoms with Crippen LogP contribution in [-0.4, -0.2) is 21.8 Å². The quantitative estimate of drug-likeness (QED) is 0.668. The van der Waals surface area contributed by atoms with Gasteiger partial charge in [0.1, 0.15) is 5.75 Å². The molecule has 0 atom stereocenters. The molecular weight excluding hydrogens is 246 g/mol. The van der Waals surface area contributed by atoms with E-state index in [-0.39, 0.29) is 11.3 Å². The number of carbonyl (C=O) groups is 2. The van der Waals surface area contributed by atoms with Gasteiger partial charge in [0.15, 0.2) is 5.82 Å². The Morgan fingerprint density at radius 1 is 1.21 bits per heavy atom. The lowest BCUT2D eigenvalue weighted by Gasteiger charge is -2.08. The van der Waals surface area contributed by atoms with Gasteiger partial charge in [-0.15, -0.1) is 0 Å². The summed E-state index contributed by atoms with van der Waals surface area (Å²) in [5, 5.41) is 2.57. The molecule has 0 spiro atoms. The minimum absolute atomic E-state index is 0.205. The van der Waals surface area contributed by atoms with Crippen LogP contribution in [0.3, 0.4) is 0 Å². The maximum atomic E-state index is 12.0. The lowest BCUT2D eigenvalue weighted by Crippen LogP contribution is -2.15. The Balaban J connectivity index is 2.21. The standard InChI is InChI=1S/C13H11N3O3/c1-9(17)19-11-5-3-2-4-10(11)13(18)16-12-8-14-6-7-15-12/h2-8H,1H3,(H,15,16,18). The third-order valence-electron chi connectivity index (χ3n) is 2.19. The topological polar surface area (TPSA) is 81.2 Å². The van der Waals surface area contributed by atoms with Crippen LogP contribution in [0, 0.1) is 0 Å². The van der Waals surface area contributed by atoms with Gasteiger partial charge in [-0.3, -0.25) is 14.6 Å². The van der Waals surface area contributed by atoms with Crippen molar-refractivity contribution >= 4 is 17.7 Å². The third-order valence-corrected chi connectivity index (χ3v) is 2.19. The first-order valence-electron chi connectivity index (χ1n) is 5.51. The van der Waals surface area contributed by atoms with Crippen molar-refractivity contribution in [1.29, 1.82) is 0 Å². The van der Waals surface area contributed by atoms with Crippen LogP contribution >= 0.6 is 0 Å². The summed E-state index contributed by atoms with van der Waals surface area (Å²) in [5.41, 5.74) is 0.253. The van der Waals surface area contributed by atoms with Crippen molar-refractivity contribution in [2.24, 2.45) is 0 Å². The number of hydrogen-bond donors (Lipinski definition) is 1. The van der Waals surface area contributed by atoms with Crippen LogP contribution in [0.1, 0.15) is 17.3 Å². The van der Waals surface area contributed by atoms with Gasteiger partial charge in [0.25, 0.3) is 5.91 Å². The summed E-state index contributed by atoms with van der Waals surface area (Å²) in [6.07, 6.45) is 4.39. The number of nitrogens with one attached hydrogen (secondary N) is 1. The van der Waals surface area contributed by atoms with Crippen LogP contribution in [0.25, 0.3) is 0 Å². The second-order valence-corrected chi connectivity index (χ2v) is 3.63. The lowest BCUT2D eigenvalue weighted by atomic mass is 10.2. The third kappa shape index (κ3) is 3.35. The summed E-state index contributed by atoms with van der Waals surface area (Å²) < 4.78 is 4.97. The van der Waals surface area contributed by atoms with E-state index in [1.165, 1.54) is 25.5 Å². The van der Waals surface area contributed by atoms with E-state index in [2.05, 4.69) is 15.3 Å². The first kappa shape index (κ1) is 12.7. The molecular formula is C13H11N3O3. The highest BCUT2D eigenvalue weighted by atomic mass is 16.5. The van der Waals surface area contributed by atoms with Gasteiger partial charge in [-0.05, 0) is 12.1 Å². The van der Waals surface area contributed by atoms with Gasteiger partial charge >= 0.3 is 5.97 Å². The summed E-state index contributed by atoms with van der Waals surface area (Å²) in [5.74, 6) is -0.376. The fourth-order valence-corrected chi connectivity index (χ4v) is 1.45. The normalized spacial score (nSPS) is 9.74. The van der Waals surface area contributed by atoms with Crippen molar-refractivity contribution in [3.05, 3.63) is 48.4 Å². The number of rotatable bonds is 3. The van der Waals surface area contributed by atoms with E-state index in [1.807, 2.05) is 0 Å². The molecule has 2 aromatic rings. The van der Waals surface area contributed by atoms with Crippen molar-refractivity contribution < 1.29 is 14.3 Å². The van der Waals surface area contributed by atoms with Crippen LogP contribution in [-0.2, 0) is 4.79 Å². The average molecular weight is 257 g/mol. The molecule has 1 aromatic carbocycles. The molecule has 19 heavy (non-hydrogen) atoms. The molecule has 1 heterocycles. The van der Waals surface area contributed by atoms with Gasteiger partial charge in [0.2, 0.25) is 0 Å². The molecule has 1 amide bonds. The van der Waals surface area contributed by atoms with Crippen LogP contribution in [0.5, 0.6) is 5.75 Å². The summed E-state index contributed by atoms with van der Waals surface area (Å²) >= 11 is 0. The predicted molar refractivity (Wildman–Crippen MR) is 67.7 cm³/mol. The maximum absolute atomic E-state index is 12.0. The van der Waals surface area contributed by atoms with E-state index in [0.717, 1.165) is 0 Å². The Kier molecular flexibility index (Phi) is 3.82. The molecule has 0 radical (unpaired) electrons. The van der Waals surface area contributed by atoms with Crippen molar-refractivity contribution in [1.82, 2.24) is 9.97 Å². The van der Waals surface area contributed by atoms with E-state index in [4.69, 9.17) is 4.74 Å². The van der Waals surface area contributed by atoms with E-state index in [0.29, 0.717) is 5.82 Å². The Hall–Kier alpha value is -2.76. The molecule has 0 saturated carbocycles. The Morgan fingerprint density at radius 2 is 2.00 bits per heavy atom. The van der Waals surface area contributed by atoms with E-state index in [1.54, 1.807) is 24.3 Å². The number of esters is 1. The highest BCUT2D eigenvalue weighted by Crippen LogP contribution is 2.19. The summed E-state index contributed by atoms with van der Waals surface area (Å²) in [7, 11) is 0. The van der Waals surface area contributed by atoms with E-state index in [9.17, 15) is 9.59 Å². The average Bonchev–Trinajstić information content (AvgIpc) is 2.39. The fraction of sp³-hybridized carbons (Fsp3) is 0.0769. The van der Waals surface area contributed by atoms with E-state index < -0.39 is 11.9 Å². The largest absolute Gasteiger partial charge is 0.426 e. The monoisotopic (exact) mass is 257 g/mol. The summed E-state index contributed by atoms with van der Waals surface area (Å²) in [4.78, 5) is 30.8. The molecule has 0 aliphatic heterocycles. The van der Waals surface area contributed by atoms with Gasteiger partial charge in [0, 0.05) is 19.3 Å². The number of carbonyl (C=O) groups excluding carboxylic acids is 2. The first-order chi connectivity index (χ1) is 9.16. The second kappa shape index (κ2) is 5.72. The summed E-state index contributed by atoms with van der Waals surface area (Å²) in [6, 6.07) is 6.47. The number of amides is 1. The van der Waals surface area contributed by atoms with Gasteiger partial charge in [0.05, 0.1) is 11.8 Å². The zero-order chi connectivity index (χ0) is 13.7. The zero-order valence-corrected chi connectivity index (χ0v) is 10.2. The number of nitrogens with zero attached hydrogens (tertiary/aromatic N) is 2. The maximum Gasteiger partial charge on any atom is 0.308 e. The highest BCUT2D eigenvalue weighted by Gasteiger charge is 2.13. The Morgan fingerprint density at radius 3 is 2.68 bits per heavy atom. The van der Waals surface area contributed by atoms with Crippen molar-refractivity contribution in [3.63, 3.8) is 0 Å². The number of ether oxygens (including phenoxy) is 1. The summed E-state index contributed by atoms with van der Waals surface area (Å²) in [6.45, 7) is 1.28. The molecule has 1 aromatic heterocycles. The smallest absolute Gasteiger partial charge is 0.308 e.